The lowest BCUT2D eigenvalue weighted by atomic mass is 9.83. The van der Waals surface area contributed by atoms with Gasteiger partial charge in [0, 0.05) is 32.1 Å². The van der Waals surface area contributed by atoms with E-state index in [1.807, 2.05) is 5.01 Å². The first-order valence-corrected chi connectivity index (χ1v) is 7.65. The third-order valence-electron chi connectivity index (χ3n) is 4.60. The molecule has 1 saturated carbocycles. The highest BCUT2D eigenvalue weighted by molar-refractivity contribution is 7.80. The van der Waals surface area contributed by atoms with Crippen molar-refractivity contribution in [3.05, 3.63) is 0 Å². The number of hydrogen-bond donors (Lipinski definition) is 1. The van der Waals surface area contributed by atoms with Gasteiger partial charge in [-0.15, -0.1) is 0 Å². The first-order chi connectivity index (χ1) is 9.16. The number of urea groups is 1. The van der Waals surface area contributed by atoms with Crippen molar-refractivity contribution in [2.24, 2.45) is 5.92 Å². The Morgan fingerprint density at radius 3 is 2.58 bits per heavy atom. The average molecular weight is 282 g/mol. The Bertz CT molecular complexity index is 381. The van der Waals surface area contributed by atoms with Crippen molar-refractivity contribution in [1.82, 2.24) is 20.2 Å². The van der Waals surface area contributed by atoms with Crippen molar-refractivity contribution in [3.8, 4) is 0 Å². The number of hydrogen-bond acceptors (Lipinski definition) is 4. The van der Waals surface area contributed by atoms with E-state index in [-0.39, 0.29) is 6.03 Å². The lowest BCUT2D eigenvalue weighted by molar-refractivity contribution is -0.0654. The maximum atomic E-state index is 12.3. The SMILES string of the molecule is CN1CCN(N2C(=O)NC(=S)C3CCCCC32)CC1. The Morgan fingerprint density at radius 1 is 1.16 bits per heavy atom. The summed E-state index contributed by atoms with van der Waals surface area (Å²) in [5.41, 5.74) is 0. The van der Waals surface area contributed by atoms with Gasteiger partial charge >= 0.3 is 6.03 Å². The van der Waals surface area contributed by atoms with Gasteiger partial charge in [-0.05, 0) is 19.9 Å². The number of nitrogens with zero attached hydrogens (tertiary/aromatic N) is 3. The molecule has 3 rings (SSSR count). The predicted molar refractivity (Wildman–Crippen MR) is 77.8 cm³/mol. The van der Waals surface area contributed by atoms with Gasteiger partial charge in [0.15, 0.2) is 0 Å². The summed E-state index contributed by atoms with van der Waals surface area (Å²) in [7, 11) is 2.13. The van der Waals surface area contributed by atoms with Gasteiger partial charge in [0.1, 0.15) is 0 Å². The molecule has 3 fully saturated rings. The molecule has 1 aliphatic carbocycles. The van der Waals surface area contributed by atoms with Gasteiger partial charge in [0.05, 0.1) is 11.0 Å². The van der Waals surface area contributed by atoms with Crippen molar-refractivity contribution in [2.75, 3.05) is 33.2 Å². The minimum Gasteiger partial charge on any atom is -0.304 e. The van der Waals surface area contributed by atoms with E-state index in [2.05, 4.69) is 22.3 Å². The summed E-state index contributed by atoms with van der Waals surface area (Å²) in [5.74, 6) is 0.362. The standard InChI is InChI=1S/C13H22N4OS/c1-15-6-8-16(9-7-15)17-11-5-3-2-4-10(11)12(19)14-13(17)18/h10-11H,2-9H2,1H3,(H,14,18,19). The maximum Gasteiger partial charge on any atom is 0.337 e. The first-order valence-electron chi connectivity index (χ1n) is 7.24. The van der Waals surface area contributed by atoms with E-state index in [0.29, 0.717) is 12.0 Å². The number of rotatable bonds is 1. The van der Waals surface area contributed by atoms with E-state index in [1.165, 1.54) is 12.8 Å². The van der Waals surface area contributed by atoms with Gasteiger partial charge in [-0.25, -0.2) is 9.80 Å². The summed E-state index contributed by atoms with van der Waals surface area (Å²) in [6.07, 6.45) is 4.65. The van der Waals surface area contributed by atoms with Crippen molar-refractivity contribution in [1.29, 1.82) is 0 Å². The Kier molecular flexibility index (Phi) is 3.73. The van der Waals surface area contributed by atoms with Crippen LogP contribution in [0.2, 0.25) is 0 Å². The number of fused-ring (bicyclic) bond motifs is 1. The van der Waals surface area contributed by atoms with E-state index in [4.69, 9.17) is 12.2 Å². The number of likely N-dealkylation sites (N-methyl/N-ethyl adjacent to an activating group) is 1. The van der Waals surface area contributed by atoms with Gasteiger partial charge in [0.2, 0.25) is 0 Å². The quantitative estimate of drug-likeness (QED) is 0.730. The molecule has 1 N–H and O–H groups in total. The smallest absolute Gasteiger partial charge is 0.304 e. The summed E-state index contributed by atoms with van der Waals surface area (Å²) < 4.78 is 0. The molecule has 0 aromatic rings. The highest BCUT2D eigenvalue weighted by atomic mass is 32.1. The maximum absolute atomic E-state index is 12.3. The Balaban J connectivity index is 1.78. The largest absolute Gasteiger partial charge is 0.337 e. The second-order valence-corrected chi connectivity index (χ2v) is 6.29. The van der Waals surface area contributed by atoms with Crippen LogP contribution in [0.1, 0.15) is 25.7 Å². The fraction of sp³-hybridized carbons (Fsp3) is 0.846. The zero-order chi connectivity index (χ0) is 13.4. The van der Waals surface area contributed by atoms with Gasteiger partial charge in [-0.1, -0.05) is 25.1 Å². The number of amides is 2. The van der Waals surface area contributed by atoms with Crippen LogP contribution < -0.4 is 5.32 Å². The summed E-state index contributed by atoms with van der Waals surface area (Å²) >= 11 is 5.37. The zero-order valence-electron chi connectivity index (χ0n) is 11.5. The van der Waals surface area contributed by atoms with Crippen LogP contribution in [0.15, 0.2) is 0 Å². The summed E-state index contributed by atoms with van der Waals surface area (Å²) in [6, 6.07) is 0.274. The van der Waals surface area contributed by atoms with E-state index < -0.39 is 0 Å². The number of thiocarbonyl (C=S) groups is 1. The number of carbonyl (C=O) groups is 1. The fourth-order valence-corrected chi connectivity index (χ4v) is 3.83. The van der Waals surface area contributed by atoms with Crippen LogP contribution in [0.3, 0.4) is 0 Å². The Morgan fingerprint density at radius 2 is 1.84 bits per heavy atom. The van der Waals surface area contributed by atoms with E-state index >= 15 is 0 Å². The van der Waals surface area contributed by atoms with Crippen molar-refractivity contribution < 1.29 is 4.79 Å². The highest BCUT2D eigenvalue weighted by Crippen LogP contribution is 2.33. The number of carbonyl (C=O) groups excluding carboxylic acids is 1. The molecule has 5 nitrogen and oxygen atoms in total. The molecule has 0 radical (unpaired) electrons. The van der Waals surface area contributed by atoms with Gasteiger partial charge in [-0.3, -0.25) is 5.01 Å². The molecule has 2 atom stereocenters. The minimum absolute atomic E-state index is 0.0160. The molecule has 19 heavy (non-hydrogen) atoms. The molecule has 106 valence electrons. The molecule has 0 spiro atoms. The molecule has 2 amide bonds. The molecule has 3 aliphatic rings. The molecule has 2 aliphatic heterocycles. The lowest BCUT2D eigenvalue weighted by Gasteiger charge is -2.50. The van der Waals surface area contributed by atoms with Crippen molar-refractivity contribution in [3.63, 3.8) is 0 Å². The first kappa shape index (κ1) is 13.3. The van der Waals surface area contributed by atoms with Crippen LogP contribution in [-0.2, 0) is 0 Å². The van der Waals surface area contributed by atoms with Crippen LogP contribution in [0.4, 0.5) is 4.79 Å². The summed E-state index contributed by atoms with van der Waals surface area (Å²) in [4.78, 5) is 15.4. The van der Waals surface area contributed by atoms with Crippen molar-refractivity contribution >= 4 is 23.2 Å². The third-order valence-corrected chi connectivity index (χ3v) is 5.01. The molecule has 2 heterocycles. The molecule has 0 aromatic carbocycles. The monoisotopic (exact) mass is 282 g/mol. The third kappa shape index (κ3) is 2.49. The predicted octanol–water partition coefficient (Wildman–Crippen LogP) is 1.06. The van der Waals surface area contributed by atoms with Gasteiger partial charge in [0.25, 0.3) is 0 Å². The average Bonchev–Trinajstić information content (AvgIpc) is 2.41. The van der Waals surface area contributed by atoms with Crippen LogP contribution in [0.25, 0.3) is 0 Å². The molecule has 0 bridgehead atoms. The van der Waals surface area contributed by atoms with E-state index in [0.717, 1.165) is 44.0 Å². The Hall–Kier alpha value is -0.720. The normalized spacial score (nSPS) is 34.1. The topological polar surface area (TPSA) is 38.8 Å². The van der Waals surface area contributed by atoms with Crippen molar-refractivity contribution in [2.45, 2.75) is 31.7 Å². The molecular weight excluding hydrogens is 260 g/mol. The summed E-state index contributed by atoms with van der Waals surface area (Å²) in [5, 5.41) is 7.10. The minimum atomic E-state index is -0.0160. The van der Waals surface area contributed by atoms with E-state index in [9.17, 15) is 4.79 Å². The molecular formula is C13H22N4OS. The second-order valence-electron chi connectivity index (χ2n) is 5.85. The highest BCUT2D eigenvalue weighted by Gasteiger charge is 2.43. The van der Waals surface area contributed by atoms with Crippen LogP contribution in [0.5, 0.6) is 0 Å². The molecule has 0 aromatic heterocycles. The van der Waals surface area contributed by atoms with Gasteiger partial charge < -0.3 is 10.2 Å². The Labute approximate surface area is 119 Å². The summed E-state index contributed by atoms with van der Waals surface area (Å²) in [6.45, 7) is 3.90. The second kappa shape index (κ2) is 5.34. The fourth-order valence-electron chi connectivity index (χ4n) is 3.47. The number of piperazine rings is 1. The van der Waals surface area contributed by atoms with Crippen LogP contribution >= 0.6 is 12.2 Å². The molecule has 6 heteroatoms. The van der Waals surface area contributed by atoms with Crippen LogP contribution in [0, 0.1) is 5.92 Å². The molecule has 2 unspecified atom stereocenters. The van der Waals surface area contributed by atoms with Crippen LogP contribution in [-0.4, -0.2) is 65.2 Å². The number of hydrazine groups is 1. The zero-order valence-corrected chi connectivity index (χ0v) is 12.3. The lowest BCUT2D eigenvalue weighted by Crippen LogP contribution is -2.67. The molecule has 2 saturated heterocycles. The van der Waals surface area contributed by atoms with E-state index in [1.54, 1.807) is 0 Å². The number of nitrogens with one attached hydrogen (secondary N) is 1. The van der Waals surface area contributed by atoms with Gasteiger partial charge in [-0.2, -0.15) is 0 Å².